The van der Waals surface area contributed by atoms with Crippen molar-refractivity contribution in [2.24, 2.45) is 0 Å². The number of hydrogen-bond acceptors (Lipinski definition) is 7. The predicted molar refractivity (Wildman–Crippen MR) is 106 cm³/mol. The standard InChI is InChI=1S/C20H21N5O2S/c26-19-18(28-20-21-14-22-25(19)20)17(16-7-4-12-27-16)24-10-8-23(9-11-24)13-15-5-2-1-3-6-15/h1-7,12,14,17,26H,8-11,13H2/t17-/m1/s1. The summed E-state index contributed by atoms with van der Waals surface area (Å²) in [6, 6.07) is 14.3. The van der Waals surface area contributed by atoms with Crippen molar-refractivity contribution in [1.82, 2.24) is 24.4 Å². The van der Waals surface area contributed by atoms with Crippen LogP contribution in [0.5, 0.6) is 5.88 Å². The summed E-state index contributed by atoms with van der Waals surface area (Å²) in [6.45, 7) is 4.68. The molecule has 144 valence electrons. The number of piperazine rings is 1. The Morgan fingerprint density at radius 1 is 1.07 bits per heavy atom. The van der Waals surface area contributed by atoms with Gasteiger partial charge in [0, 0.05) is 32.7 Å². The Morgan fingerprint density at radius 2 is 1.89 bits per heavy atom. The number of furan rings is 1. The fraction of sp³-hybridized carbons (Fsp3) is 0.300. The molecule has 4 heterocycles. The summed E-state index contributed by atoms with van der Waals surface area (Å²) in [5, 5.41) is 14.8. The van der Waals surface area contributed by atoms with Crippen LogP contribution >= 0.6 is 11.3 Å². The molecule has 0 spiro atoms. The highest BCUT2D eigenvalue weighted by molar-refractivity contribution is 7.17. The molecule has 0 unspecified atom stereocenters. The molecule has 28 heavy (non-hydrogen) atoms. The molecule has 1 N–H and O–H groups in total. The lowest BCUT2D eigenvalue weighted by Gasteiger charge is -2.38. The molecular weight excluding hydrogens is 374 g/mol. The topological polar surface area (TPSA) is 70.0 Å². The molecule has 5 rings (SSSR count). The van der Waals surface area contributed by atoms with Gasteiger partial charge < -0.3 is 9.52 Å². The number of aromatic nitrogens is 3. The zero-order chi connectivity index (χ0) is 18.9. The lowest BCUT2D eigenvalue weighted by atomic mass is 10.1. The maximum Gasteiger partial charge on any atom is 0.230 e. The van der Waals surface area contributed by atoms with Crippen LogP contribution in [0, 0.1) is 0 Å². The molecule has 1 aliphatic rings. The van der Waals surface area contributed by atoms with E-state index in [0.717, 1.165) is 43.4 Å². The summed E-state index contributed by atoms with van der Waals surface area (Å²) >= 11 is 1.46. The molecular formula is C20H21N5O2S. The summed E-state index contributed by atoms with van der Waals surface area (Å²) < 4.78 is 7.23. The van der Waals surface area contributed by atoms with Crippen molar-refractivity contribution in [3.8, 4) is 5.88 Å². The molecule has 1 aromatic carbocycles. The summed E-state index contributed by atoms with van der Waals surface area (Å²) in [5.74, 6) is 0.974. The number of thiazole rings is 1. The van der Waals surface area contributed by atoms with Gasteiger partial charge in [-0.1, -0.05) is 41.7 Å². The van der Waals surface area contributed by atoms with E-state index >= 15 is 0 Å². The molecule has 0 aliphatic carbocycles. The molecule has 7 nitrogen and oxygen atoms in total. The summed E-state index contributed by atoms with van der Waals surface area (Å²) in [5.41, 5.74) is 1.33. The van der Waals surface area contributed by atoms with E-state index in [1.165, 1.54) is 27.7 Å². The van der Waals surface area contributed by atoms with E-state index in [2.05, 4.69) is 50.2 Å². The Labute approximate surface area is 166 Å². The van der Waals surface area contributed by atoms with Gasteiger partial charge in [0.1, 0.15) is 18.1 Å². The van der Waals surface area contributed by atoms with E-state index in [1.807, 2.05) is 12.1 Å². The normalized spacial score (nSPS) is 17.3. The van der Waals surface area contributed by atoms with Crippen molar-refractivity contribution in [3.05, 3.63) is 71.3 Å². The number of rotatable bonds is 5. The maximum atomic E-state index is 10.7. The van der Waals surface area contributed by atoms with Crippen LogP contribution in [0.15, 0.2) is 59.5 Å². The smallest absolute Gasteiger partial charge is 0.230 e. The molecule has 0 radical (unpaired) electrons. The Bertz CT molecular complexity index is 1040. The molecule has 3 aromatic heterocycles. The monoisotopic (exact) mass is 395 g/mol. The lowest BCUT2D eigenvalue weighted by molar-refractivity contribution is 0.0970. The number of hydrogen-bond donors (Lipinski definition) is 1. The fourth-order valence-electron chi connectivity index (χ4n) is 3.82. The minimum atomic E-state index is -0.137. The largest absolute Gasteiger partial charge is 0.492 e. The molecule has 0 bridgehead atoms. The van der Waals surface area contributed by atoms with E-state index in [-0.39, 0.29) is 11.9 Å². The van der Waals surface area contributed by atoms with Gasteiger partial charge in [-0.15, -0.1) is 0 Å². The molecule has 0 amide bonds. The van der Waals surface area contributed by atoms with Crippen LogP contribution in [0.1, 0.15) is 22.2 Å². The zero-order valence-electron chi connectivity index (χ0n) is 15.3. The minimum absolute atomic E-state index is 0.137. The van der Waals surface area contributed by atoms with Gasteiger partial charge in [0.15, 0.2) is 0 Å². The van der Waals surface area contributed by atoms with E-state index in [0.29, 0.717) is 4.96 Å². The fourth-order valence-corrected chi connectivity index (χ4v) is 4.89. The highest BCUT2D eigenvalue weighted by Gasteiger charge is 2.33. The van der Waals surface area contributed by atoms with Crippen molar-refractivity contribution >= 4 is 16.3 Å². The van der Waals surface area contributed by atoms with Gasteiger partial charge in [-0.3, -0.25) is 9.80 Å². The van der Waals surface area contributed by atoms with Gasteiger partial charge in [-0.2, -0.15) is 9.61 Å². The molecule has 8 heteroatoms. The van der Waals surface area contributed by atoms with Crippen LogP contribution in [-0.4, -0.2) is 55.7 Å². The Kier molecular flexibility index (Phi) is 4.59. The Balaban J connectivity index is 1.37. The van der Waals surface area contributed by atoms with Crippen LogP contribution in [0.3, 0.4) is 0 Å². The second-order valence-electron chi connectivity index (χ2n) is 6.96. The van der Waals surface area contributed by atoms with Crippen molar-refractivity contribution in [1.29, 1.82) is 0 Å². The van der Waals surface area contributed by atoms with Gasteiger partial charge in [0.25, 0.3) is 0 Å². The molecule has 4 aromatic rings. The van der Waals surface area contributed by atoms with Gasteiger partial charge in [0.2, 0.25) is 10.8 Å². The Morgan fingerprint density at radius 3 is 2.61 bits per heavy atom. The number of nitrogens with zero attached hydrogens (tertiary/aromatic N) is 5. The first-order valence-corrected chi connectivity index (χ1v) is 10.2. The van der Waals surface area contributed by atoms with Crippen molar-refractivity contribution in [3.63, 3.8) is 0 Å². The first-order valence-electron chi connectivity index (χ1n) is 9.35. The van der Waals surface area contributed by atoms with E-state index in [1.54, 1.807) is 6.26 Å². The minimum Gasteiger partial charge on any atom is -0.492 e. The maximum absolute atomic E-state index is 10.7. The van der Waals surface area contributed by atoms with Crippen LogP contribution in [0.4, 0.5) is 0 Å². The SMILES string of the molecule is Oc1c([C@@H](c2ccco2)N2CCN(Cc3ccccc3)CC2)sc2ncnn12. The molecule has 0 saturated carbocycles. The predicted octanol–water partition coefficient (Wildman–Crippen LogP) is 3.00. The molecule has 1 aliphatic heterocycles. The summed E-state index contributed by atoms with van der Waals surface area (Å²) in [6.07, 6.45) is 3.14. The summed E-state index contributed by atoms with van der Waals surface area (Å²) in [7, 11) is 0. The van der Waals surface area contributed by atoms with Crippen LogP contribution < -0.4 is 0 Å². The van der Waals surface area contributed by atoms with Crippen LogP contribution in [-0.2, 0) is 6.54 Å². The van der Waals surface area contributed by atoms with Crippen molar-refractivity contribution < 1.29 is 9.52 Å². The number of fused-ring (bicyclic) bond motifs is 1. The Hall–Kier alpha value is -2.68. The third-order valence-electron chi connectivity index (χ3n) is 5.22. The lowest BCUT2D eigenvalue weighted by Crippen LogP contribution is -2.47. The van der Waals surface area contributed by atoms with E-state index < -0.39 is 0 Å². The van der Waals surface area contributed by atoms with Gasteiger partial charge in [-0.25, -0.2) is 4.98 Å². The third-order valence-corrected chi connectivity index (χ3v) is 6.31. The average molecular weight is 395 g/mol. The van der Waals surface area contributed by atoms with Crippen LogP contribution in [0.2, 0.25) is 0 Å². The quantitative estimate of drug-likeness (QED) is 0.560. The highest BCUT2D eigenvalue weighted by Crippen LogP contribution is 2.40. The van der Waals surface area contributed by atoms with Crippen molar-refractivity contribution in [2.45, 2.75) is 12.6 Å². The molecule has 1 saturated heterocycles. The van der Waals surface area contributed by atoms with Gasteiger partial charge in [0.05, 0.1) is 11.1 Å². The molecule has 1 atom stereocenters. The summed E-state index contributed by atoms with van der Waals surface area (Å²) in [4.78, 5) is 10.6. The number of benzene rings is 1. The van der Waals surface area contributed by atoms with E-state index in [9.17, 15) is 5.11 Å². The van der Waals surface area contributed by atoms with Gasteiger partial charge in [-0.05, 0) is 17.7 Å². The number of aromatic hydroxyl groups is 1. The molecule has 1 fully saturated rings. The van der Waals surface area contributed by atoms with Gasteiger partial charge >= 0.3 is 0 Å². The third kappa shape index (κ3) is 3.19. The van der Waals surface area contributed by atoms with Crippen molar-refractivity contribution in [2.75, 3.05) is 26.2 Å². The second kappa shape index (κ2) is 7.38. The zero-order valence-corrected chi connectivity index (χ0v) is 16.1. The average Bonchev–Trinajstić information content (AvgIpc) is 3.46. The first-order chi connectivity index (χ1) is 13.8. The van der Waals surface area contributed by atoms with Crippen LogP contribution in [0.25, 0.3) is 4.96 Å². The first kappa shape index (κ1) is 17.4. The highest BCUT2D eigenvalue weighted by atomic mass is 32.1. The second-order valence-corrected chi connectivity index (χ2v) is 7.97. The van der Waals surface area contributed by atoms with E-state index in [4.69, 9.17) is 4.42 Å².